The van der Waals surface area contributed by atoms with Gasteiger partial charge in [-0.3, -0.25) is 0 Å². The van der Waals surface area contributed by atoms with Gasteiger partial charge in [0.15, 0.2) is 0 Å². The van der Waals surface area contributed by atoms with Crippen LogP contribution in [-0.2, 0) is 10.2 Å². The molecule has 0 N–H and O–H groups in total. The smallest absolute Gasteiger partial charge is 0.132 e. The van der Waals surface area contributed by atoms with Gasteiger partial charge in [-0.1, -0.05) is 112 Å². The summed E-state index contributed by atoms with van der Waals surface area (Å²) in [7, 11) is 0. The van der Waals surface area contributed by atoms with E-state index < -0.39 is 0 Å². The summed E-state index contributed by atoms with van der Waals surface area (Å²) in [6, 6.07) is 34.4. The van der Waals surface area contributed by atoms with Gasteiger partial charge in [0, 0.05) is 28.2 Å². The molecule has 2 heterocycles. The maximum absolute atomic E-state index is 5.96. The van der Waals surface area contributed by atoms with Crippen LogP contribution in [0.3, 0.4) is 0 Å². The van der Waals surface area contributed by atoms with Gasteiger partial charge in [-0.25, -0.2) is 0 Å². The van der Waals surface area contributed by atoms with Crippen LogP contribution in [0.25, 0.3) is 38.8 Å². The van der Waals surface area contributed by atoms with Crippen LogP contribution in [0.2, 0.25) is 0 Å². The SMILES string of the molecule is CC1C=CC=C2C(c3ccc(C4=CCCO4)s3)=c3ccccc3=C(c3cc4c(c5ccccc35)-c3ccccc3C4(C)C)C21. The topological polar surface area (TPSA) is 9.23 Å². The van der Waals surface area contributed by atoms with Gasteiger partial charge in [-0.05, 0) is 90.4 Å². The molecule has 1 aliphatic heterocycles. The van der Waals surface area contributed by atoms with Crippen LogP contribution in [0.4, 0.5) is 0 Å². The van der Waals surface area contributed by atoms with Crippen LogP contribution in [-0.4, -0.2) is 6.61 Å². The lowest BCUT2D eigenvalue weighted by molar-refractivity contribution is 0.308. The first kappa shape index (κ1) is 26.0. The van der Waals surface area contributed by atoms with Crippen molar-refractivity contribution in [2.75, 3.05) is 6.61 Å². The van der Waals surface area contributed by atoms with Crippen molar-refractivity contribution in [1.29, 1.82) is 0 Å². The van der Waals surface area contributed by atoms with E-state index >= 15 is 0 Å². The lowest BCUT2D eigenvalue weighted by Crippen LogP contribution is -2.39. The van der Waals surface area contributed by atoms with Crippen molar-refractivity contribution in [3.8, 4) is 11.1 Å². The van der Waals surface area contributed by atoms with Crippen molar-refractivity contribution in [2.24, 2.45) is 11.8 Å². The van der Waals surface area contributed by atoms with E-state index in [1.54, 1.807) is 0 Å². The highest BCUT2D eigenvalue weighted by Gasteiger charge is 2.39. The number of rotatable bonds is 3. The molecular weight excluding hydrogens is 553 g/mol. The lowest BCUT2D eigenvalue weighted by atomic mass is 9.68. The number of thiophene rings is 1. The Labute approximate surface area is 262 Å². The zero-order valence-corrected chi connectivity index (χ0v) is 26.2. The van der Waals surface area contributed by atoms with Crippen LogP contribution >= 0.6 is 11.3 Å². The van der Waals surface area contributed by atoms with Crippen LogP contribution in [0.1, 0.15) is 53.6 Å². The van der Waals surface area contributed by atoms with Crippen LogP contribution in [0.15, 0.2) is 121 Å². The minimum Gasteiger partial charge on any atom is -0.492 e. The second-order valence-corrected chi connectivity index (χ2v) is 14.2. The molecule has 214 valence electrons. The van der Waals surface area contributed by atoms with Crippen molar-refractivity contribution in [1.82, 2.24) is 0 Å². The molecule has 9 rings (SSSR count). The Morgan fingerprint density at radius 2 is 1.52 bits per heavy atom. The quantitative estimate of drug-likeness (QED) is 0.205. The summed E-state index contributed by atoms with van der Waals surface area (Å²) in [6.45, 7) is 7.98. The summed E-state index contributed by atoms with van der Waals surface area (Å²) in [5.41, 5.74) is 11.2. The normalized spacial score (nSPS) is 20.9. The minimum absolute atomic E-state index is 0.0716. The van der Waals surface area contributed by atoms with E-state index in [0.29, 0.717) is 5.92 Å². The molecule has 0 amide bonds. The molecule has 4 aliphatic rings. The second kappa shape index (κ2) is 9.55. The Kier molecular flexibility index (Phi) is 5.65. The number of hydrogen-bond donors (Lipinski definition) is 0. The third-order valence-electron chi connectivity index (χ3n) is 10.3. The third kappa shape index (κ3) is 3.58. The fraction of sp³-hybridized carbons (Fsp3) is 0.190. The van der Waals surface area contributed by atoms with E-state index in [2.05, 4.69) is 136 Å². The zero-order valence-electron chi connectivity index (χ0n) is 25.4. The van der Waals surface area contributed by atoms with Gasteiger partial charge in [-0.15, -0.1) is 11.3 Å². The molecule has 1 nitrogen and oxygen atoms in total. The maximum Gasteiger partial charge on any atom is 0.132 e. The van der Waals surface area contributed by atoms with Gasteiger partial charge in [-0.2, -0.15) is 0 Å². The van der Waals surface area contributed by atoms with E-state index in [1.807, 2.05) is 11.3 Å². The molecule has 4 aromatic carbocycles. The van der Waals surface area contributed by atoms with Gasteiger partial charge >= 0.3 is 0 Å². The first-order chi connectivity index (χ1) is 21.5. The van der Waals surface area contributed by atoms with Crippen LogP contribution in [0.5, 0.6) is 0 Å². The predicted molar refractivity (Wildman–Crippen MR) is 185 cm³/mol. The molecule has 5 aromatic rings. The summed E-state index contributed by atoms with van der Waals surface area (Å²) < 4.78 is 5.96. The standard InChI is InChI=1S/C42H34OS/c1-25-12-10-18-31-38(25)41(29-16-7-6-15-28(29)40(31)37-22-21-36(44-37)35-20-11-23-43-35)32-24-34-39(27-14-5-4-13-26(27)32)30-17-8-9-19-33(30)42(34,2)3/h4-10,12-22,24-25,38H,11,23H2,1-3H3. The molecule has 44 heavy (non-hydrogen) atoms. The molecule has 2 unspecified atom stereocenters. The molecule has 0 bridgehead atoms. The zero-order chi connectivity index (χ0) is 29.6. The first-order valence-electron chi connectivity index (χ1n) is 15.8. The van der Waals surface area contributed by atoms with E-state index in [1.165, 1.54) is 75.5 Å². The molecule has 1 aromatic heterocycles. The first-order valence-corrected chi connectivity index (χ1v) is 16.7. The van der Waals surface area contributed by atoms with Gasteiger partial charge in [0.25, 0.3) is 0 Å². The second-order valence-electron chi connectivity index (χ2n) is 13.1. The Morgan fingerprint density at radius 3 is 2.36 bits per heavy atom. The van der Waals surface area contributed by atoms with E-state index in [0.717, 1.165) is 18.8 Å². The maximum atomic E-state index is 5.96. The number of fused-ring (bicyclic) bond motifs is 7. The highest BCUT2D eigenvalue weighted by atomic mass is 32.1. The van der Waals surface area contributed by atoms with E-state index in [4.69, 9.17) is 4.74 Å². The summed E-state index contributed by atoms with van der Waals surface area (Å²) >= 11 is 1.86. The Balaban J connectivity index is 1.40. The summed E-state index contributed by atoms with van der Waals surface area (Å²) in [6.07, 6.45) is 10.3. The molecule has 0 saturated carbocycles. The summed E-state index contributed by atoms with van der Waals surface area (Å²) in [5.74, 6) is 1.66. The average Bonchev–Trinajstić information content (AvgIpc) is 3.80. The van der Waals surface area contributed by atoms with Gasteiger partial charge < -0.3 is 4.74 Å². The number of allylic oxidation sites excluding steroid dienone is 4. The molecule has 3 aliphatic carbocycles. The van der Waals surface area contributed by atoms with Gasteiger partial charge in [0.2, 0.25) is 0 Å². The van der Waals surface area contributed by atoms with Crippen molar-refractivity contribution in [2.45, 2.75) is 32.6 Å². The monoisotopic (exact) mass is 586 g/mol. The fourth-order valence-corrected chi connectivity index (χ4v) is 9.38. The molecule has 0 saturated heterocycles. The lowest BCUT2D eigenvalue weighted by Gasteiger charge is -2.35. The largest absolute Gasteiger partial charge is 0.492 e. The van der Waals surface area contributed by atoms with Crippen molar-refractivity contribution >= 4 is 39.0 Å². The Morgan fingerprint density at radius 1 is 0.773 bits per heavy atom. The summed E-state index contributed by atoms with van der Waals surface area (Å²) in [5, 5.41) is 5.39. The molecule has 0 fully saturated rings. The molecule has 2 atom stereocenters. The number of ether oxygens (including phenoxy) is 1. The minimum atomic E-state index is -0.0716. The van der Waals surface area contributed by atoms with Crippen molar-refractivity contribution in [3.63, 3.8) is 0 Å². The molecule has 2 heteroatoms. The molecule has 0 radical (unpaired) electrons. The Hall–Kier alpha value is -4.40. The Bertz CT molecular complexity index is 2250. The van der Waals surface area contributed by atoms with Crippen molar-refractivity contribution in [3.05, 3.63) is 158 Å². The average molecular weight is 587 g/mol. The number of benzene rings is 4. The predicted octanol–water partition coefficient (Wildman–Crippen LogP) is 9.13. The highest BCUT2D eigenvalue weighted by Crippen LogP contribution is 2.54. The van der Waals surface area contributed by atoms with Crippen molar-refractivity contribution < 1.29 is 4.74 Å². The van der Waals surface area contributed by atoms with E-state index in [-0.39, 0.29) is 11.3 Å². The number of hydrogen-bond acceptors (Lipinski definition) is 2. The van der Waals surface area contributed by atoms with Crippen LogP contribution < -0.4 is 10.4 Å². The highest BCUT2D eigenvalue weighted by molar-refractivity contribution is 7.14. The fourth-order valence-electron chi connectivity index (χ4n) is 8.30. The summed E-state index contributed by atoms with van der Waals surface area (Å²) in [4.78, 5) is 2.54. The van der Waals surface area contributed by atoms with Gasteiger partial charge in [0.05, 0.1) is 11.5 Å². The molecule has 0 spiro atoms. The van der Waals surface area contributed by atoms with E-state index in [9.17, 15) is 0 Å². The third-order valence-corrected chi connectivity index (χ3v) is 11.4. The molecular formula is C42H34OS. The van der Waals surface area contributed by atoms with Gasteiger partial charge in [0.1, 0.15) is 5.76 Å². The van der Waals surface area contributed by atoms with Crippen LogP contribution in [0, 0.1) is 11.8 Å².